The Balaban J connectivity index is 1.73. The summed E-state index contributed by atoms with van der Waals surface area (Å²) in [6.07, 6.45) is -2.85. The number of hydrogen-bond donors (Lipinski definition) is 2. The van der Waals surface area contributed by atoms with Crippen LogP contribution in [0.1, 0.15) is 27.0 Å². The number of thioether (sulfide) groups is 1. The van der Waals surface area contributed by atoms with Crippen LogP contribution in [0.5, 0.6) is 0 Å². The molecular weight excluding hydrogens is 449 g/mol. The fourth-order valence-electron chi connectivity index (χ4n) is 2.82. The minimum Gasteiger partial charge on any atom is -0.395 e. The molecule has 162 valence electrons. The Morgan fingerprint density at radius 2 is 1.90 bits per heavy atom. The van der Waals surface area contributed by atoms with Crippen LogP contribution in [0.3, 0.4) is 0 Å². The number of nitrogens with zero attached hydrogens (tertiary/aromatic N) is 1. The fourth-order valence-corrected chi connectivity index (χ4v) is 4.07. The largest absolute Gasteiger partial charge is 0.416 e. The third-order valence-corrected chi connectivity index (χ3v) is 5.71. The maximum atomic E-state index is 12.9. The van der Waals surface area contributed by atoms with Crippen molar-refractivity contribution in [3.63, 3.8) is 0 Å². The summed E-state index contributed by atoms with van der Waals surface area (Å²) in [4.78, 5) is 26.2. The van der Waals surface area contributed by atoms with Crippen LogP contribution in [0.2, 0.25) is 0 Å². The predicted octanol–water partition coefficient (Wildman–Crippen LogP) is 3.83. The number of hydrogen-bond acceptors (Lipinski definition) is 5. The first-order chi connectivity index (χ1) is 14.7. The average molecular weight is 467 g/mol. The molecular formula is C21H17F3N2O3S2. The van der Waals surface area contributed by atoms with Gasteiger partial charge in [-0.1, -0.05) is 48.2 Å². The van der Waals surface area contributed by atoms with E-state index in [0.717, 1.165) is 23.9 Å². The van der Waals surface area contributed by atoms with Crippen molar-refractivity contribution in [2.75, 3.05) is 13.2 Å². The van der Waals surface area contributed by atoms with Crippen molar-refractivity contribution in [1.82, 2.24) is 10.2 Å². The van der Waals surface area contributed by atoms with E-state index in [1.54, 1.807) is 30.3 Å². The summed E-state index contributed by atoms with van der Waals surface area (Å²) in [7, 11) is 0. The van der Waals surface area contributed by atoms with Gasteiger partial charge in [0.2, 0.25) is 0 Å². The van der Waals surface area contributed by atoms with Crippen LogP contribution in [-0.4, -0.2) is 39.3 Å². The summed E-state index contributed by atoms with van der Waals surface area (Å²) in [5.41, 5.74) is 0.612. The zero-order valence-corrected chi connectivity index (χ0v) is 17.6. The zero-order chi connectivity index (χ0) is 22.6. The van der Waals surface area contributed by atoms with E-state index in [2.05, 4.69) is 5.32 Å². The van der Waals surface area contributed by atoms with E-state index in [0.29, 0.717) is 21.6 Å². The minimum absolute atomic E-state index is 0.0596. The van der Waals surface area contributed by atoms with E-state index in [1.165, 1.54) is 17.0 Å². The third kappa shape index (κ3) is 5.72. The highest BCUT2D eigenvalue weighted by Gasteiger charge is 2.33. The fraction of sp³-hybridized carbons (Fsp3) is 0.190. The van der Waals surface area contributed by atoms with Gasteiger partial charge >= 0.3 is 6.18 Å². The van der Waals surface area contributed by atoms with Crippen molar-refractivity contribution >= 4 is 46.2 Å². The summed E-state index contributed by atoms with van der Waals surface area (Å²) >= 11 is 6.31. The second-order valence-electron chi connectivity index (χ2n) is 6.57. The molecule has 2 aromatic carbocycles. The Morgan fingerprint density at radius 3 is 2.55 bits per heavy atom. The van der Waals surface area contributed by atoms with Gasteiger partial charge in [0.15, 0.2) is 0 Å². The highest BCUT2D eigenvalue weighted by Crippen LogP contribution is 2.35. The number of halogens is 3. The van der Waals surface area contributed by atoms with E-state index in [9.17, 15) is 22.8 Å². The molecule has 0 aromatic heterocycles. The number of nitrogens with one attached hydrogen (secondary N) is 1. The van der Waals surface area contributed by atoms with Gasteiger partial charge in [0.1, 0.15) is 4.32 Å². The van der Waals surface area contributed by atoms with Crippen LogP contribution in [0.4, 0.5) is 13.2 Å². The van der Waals surface area contributed by atoms with Gasteiger partial charge in [-0.3, -0.25) is 14.5 Å². The smallest absolute Gasteiger partial charge is 0.395 e. The molecule has 1 heterocycles. The van der Waals surface area contributed by atoms with E-state index < -0.39 is 17.6 Å². The molecule has 31 heavy (non-hydrogen) atoms. The number of benzene rings is 2. The molecule has 0 spiro atoms. The zero-order valence-electron chi connectivity index (χ0n) is 16.0. The Morgan fingerprint density at radius 1 is 1.19 bits per heavy atom. The summed E-state index contributed by atoms with van der Waals surface area (Å²) in [6, 6.07) is 11.3. The van der Waals surface area contributed by atoms with E-state index >= 15 is 0 Å². The molecule has 0 atom stereocenters. The molecule has 1 aliphatic rings. The van der Waals surface area contributed by atoms with E-state index in [1.807, 2.05) is 0 Å². The Bertz CT molecular complexity index is 1040. The molecule has 0 aliphatic carbocycles. The highest BCUT2D eigenvalue weighted by molar-refractivity contribution is 8.26. The lowest BCUT2D eigenvalue weighted by Gasteiger charge is -2.15. The molecule has 2 aromatic rings. The van der Waals surface area contributed by atoms with Gasteiger partial charge in [-0.15, -0.1) is 0 Å². The van der Waals surface area contributed by atoms with Crippen LogP contribution in [-0.2, 0) is 17.5 Å². The standard InChI is InChI=1S/C21H17F3N2O3S2/c22-21(23,24)16-3-1-2-14(10-16)12-26-19(29)17(31-20(26)30)11-13-4-6-15(7-5-13)18(28)25-8-9-27/h1-7,10-11,27H,8-9,12H2,(H,25,28)/b17-11-. The maximum absolute atomic E-state index is 12.9. The molecule has 1 saturated heterocycles. The van der Waals surface area contributed by atoms with Crippen molar-refractivity contribution in [1.29, 1.82) is 0 Å². The Hall–Kier alpha value is -2.69. The molecule has 0 radical (unpaired) electrons. The quantitative estimate of drug-likeness (QED) is 0.500. The van der Waals surface area contributed by atoms with Gasteiger partial charge in [-0.05, 0) is 41.5 Å². The van der Waals surface area contributed by atoms with Crippen molar-refractivity contribution in [3.8, 4) is 0 Å². The number of thiocarbonyl (C=S) groups is 1. The second kappa shape index (κ2) is 9.63. The number of aliphatic hydroxyl groups excluding tert-OH is 1. The molecule has 10 heteroatoms. The number of aliphatic hydroxyl groups is 1. The number of rotatable bonds is 6. The first-order valence-corrected chi connectivity index (χ1v) is 10.3. The van der Waals surface area contributed by atoms with Gasteiger partial charge in [-0.25, -0.2) is 0 Å². The lowest BCUT2D eigenvalue weighted by Crippen LogP contribution is -2.27. The number of carbonyl (C=O) groups excluding carboxylic acids is 2. The molecule has 1 fully saturated rings. The van der Waals surface area contributed by atoms with Crippen molar-refractivity contribution < 1.29 is 27.9 Å². The van der Waals surface area contributed by atoms with Crippen LogP contribution < -0.4 is 5.32 Å². The molecule has 2 amide bonds. The van der Waals surface area contributed by atoms with Crippen LogP contribution >= 0.6 is 24.0 Å². The Kier molecular flexibility index (Phi) is 7.14. The van der Waals surface area contributed by atoms with Crippen LogP contribution in [0.15, 0.2) is 53.4 Å². The molecule has 2 N–H and O–H groups in total. The molecule has 0 bridgehead atoms. The monoisotopic (exact) mass is 466 g/mol. The second-order valence-corrected chi connectivity index (χ2v) is 8.24. The summed E-state index contributed by atoms with van der Waals surface area (Å²) in [5, 5.41) is 11.3. The Labute approximate surface area is 185 Å². The third-order valence-electron chi connectivity index (χ3n) is 4.34. The van der Waals surface area contributed by atoms with Gasteiger partial charge in [0.05, 0.1) is 23.6 Å². The van der Waals surface area contributed by atoms with Crippen LogP contribution in [0, 0.1) is 0 Å². The molecule has 1 aliphatic heterocycles. The topological polar surface area (TPSA) is 69.6 Å². The molecule has 0 unspecified atom stereocenters. The normalized spacial score (nSPS) is 15.6. The van der Waals surface area contributed by atoms with Crippen LogP contribution in [0.25, 0.3) is 6.08 Å². The lowest BCUT2D eigenvalue weighted by atomic mass is 10.1. The number of alkyl halides is 3. The van der Waals surface area contributed by atoms with Crippen molar-refractivity contribution in [2.45, 2.75) is 12.7 Å². The van der Waals surface area contributed by atoms with Gasteiger partial charge in [0, 0.05) is 12.1 Å². The predicted molar refractivity (Wildman–Crippen MR) is 116 cm³/mol. The first-order valence-electron chi connectivity index (χ1n) is 9.09. The van der Waals surface area contributed by atoms with Crippen molar-refractivity contribution in [3.05, 3.63) is 75.7 Å². The van der Waals surface area contributed by atoms with E-state index in [-0.39, 0.29) is 29.9 Å². The van der Waals surface area contributed by atoms with Crippen molar-refractivity contribution in [2.24, 2.45) is 0 Å². The first kappa shape index (κ1) is 23.0. The number of amides is 2. The lowest BCUT2D eigenvalue weighted by molar-refractivity contribution is -0.137. The van der Waals surface area contributed by atoms with Gasteiger partial charge in [0.25, 0.3) is 11.8 Å². The molecule has 0 saturated carbocycles. The van der Waals surface area contributed by atoms with Gasteiger partial charge < -0.3 is 10.4 Å². The number of carbonyl (C=O) groups is 2. The average Bonchev–Trinajstić information content (AvgIpc) is 2.99. The highest BCUT2D eigenvalue weighted by atomic mass is 32.2. The molecule has 5 nitrogen and oxygen atoms in total. The summed E-state index contributed by atoms with van der Waals surface area (Å²) in [5.74, 6) is -0.717. The van der Waals surface area contributed by atoms with Gasteiger partial charge in [-0.2, -0.15) is 13.2 Å². The summed E-state index contributed by atoms with van der Waals surface area (Å²) < 4.78 is 39.0. The SMILES string of the molecule is O=C(NCCO)c1ccc(/C=C2\SC(=S)N(Cc3cccc(C(F)(F)F)c3)C2=O)cc1. The molecule has 3 rings (SSSR count). The summed E-state index contributed by atoms with van der Waals surface area (Å²) in [6.45, 7) is -0.0724. The van der Waals surface area contributed by atoms with E-state index in [4.69, 9.17) is 17.3 Å². The maximum Gasteiger partial charge on any atom is 0.416 e. The minimum atomic E-state index is -4.47.